The molecule has 3 aliphatic heterocycles. The molecule has 3 aliphatic rings. The molecular formula is C67H102N12O13. The van der Waals surface area contributed by atoms with Crippen LogP contribution in [-0.4, -0.2) is 202 Å². The summed E-state index contributed by atoms with van der Waals surface area (Å²) >= 11 is 0. The standard InChI is InChI=1S/C67H102N12O13/c1-14-41(8)55(66(91)78-29-22-17-23-30-78)74-61(86)51-28-31-79(51)67(92)56(44(11)80)75-60(85)48-37-54(81)68-42(9)57(82)72-49(32-38(2)3)64(89)76(12)52(34-40(6)7)62(87)69-43(10)58(83)73-50(33-39(4)5)65(90)77(13)53(36-46-26-20-16-21-27-46)63(88)71-47(59(84)70-48)35-45-24-18-15-19-25-45/h15-16,18-21,24-27,38-44,47-53,55-56,80H,14,17,22-23,28-37H2,1-13H3,(H,68,81)(H,69,87)(H,70,84)(H,71,88)(H,72,82)(H,73,83)(H,74,86)(H,75,85)/t41-,42-,43-,44+,47-,48-,49-,50-,51-,52-,53-,55-,56-/m0/s1. The van der Waals surface area contributed by atoms with Gasteiger partial charge < -0.3 is 67.2 Å². The van der Waals surface area contributed by atoms with Crippen molar-refractivity contribution in [2.75, 3.05) is 33.7 Å². The van der Waals surface area contributed by atoms with E-state index in [0.29, 0.717) is 30.6 Å². The van der Waals surface area contributed by atoms with Crippen molar-refractivity contribution in [2.45, 2.75) is 219 Å². The lowest BCUT2D eigenvalue weighted by atomic mass is 9.94. The predicted octanol–water partition coefficient (Wildman–Crippen LogP) is 1.63. The highest BCUT2D eigenvalue weighted by Crippen LogP contribution is 2.24. The first kappa shape index (κ1) is 74.8. The number of nitrogens with zero attached hydrogens (tertiary/aromatic N) is 4. The van der Waals surface area contributed by atoms with Gasteiger partial charge in [0.15, 0.2) is 0 Å². The second-order valence-electron chi connectivity index (χ2n) is 26.5. The van der Waals surface area contributed by atoms with Gasteiger partial charge in [0.2, 0.25) is 70.9 Å². The SMILES string of the molecule is CC[C@H](C)[C@H](NC(=O)[C@@H]1CCN1C(=O)[C@@H](NC(=O)[C@@H]1CC(=O)N[C@@H](C)C(=O)N[C@@H](CC(C)C)C(=O)N(C)[C@@H](CC(C)C)C(=O)N[C@@H](C)C(=O)N[C@@H](CC(C)C)C(=O)N(C)[C@@H](Cc2ccccc2)C(=O)N[C@@H](Cc2ccccc2)C(=O)N1)[C@@H](C)O)C(=O)N1CCCCC1. The van der Waals surface area contributed by atoms with E-state index in [1.165, 1.54) is 49.6 Å². The van der Waals surface area contributed by atoms with Crippen molar-refractivity contribution in [1.29, 1.82) is 0 Å². The van der Waals surface area contributed by atoms with Gasteiger partial charge in [-0.2, -0.15) is 0 Å². The van der Waals surface area contributed by atoms with Crippen LogP contribution in [0.1, 0.15) is 145 Å². The Balaban J connectivity index is 1.58. The van der Waals surface area contributed by atoms with Crippen LogP contribution in [0.3, 0.4) is 0 Å². The number of nitrogens with one attached hydrogen (secondary N) is 8. The fourth-order valence-corrected chi connectivity index (χ4v) is 11.6. The molecule has 0 aromatic heterocycles. The summed E-state index contributed by atoms with van der Waals surface area (Å²) in [5.41, 5.74) is 1.16. The maximum absolute atomic E-state index is 15.1. The van der Waals surface area contributed by atoms with E-state index in [-0.39, 0.29) is 74.6 Å². The summed E-state index contributed by atoms with van der Waals surface area (Å²) in [7, 11) is 2.80. The largest absolute Gasteiger partial charge is 0.391 e. The molecule has 12 amide bonds. The first-order valence-electron chi connectivity index (χ1n) is 32.7. The van der Waals surface area contributed by atoms with Gasteiger partial charge >= 0.3 is 0 Å². The van der Waals surface area contributed by atoms with Crippen molar-refractivity contribution >= 4 is 70.9 Å². The lowest BCUT2D eigenvalue weighted by Gasteiger charge is -2.43. The second kappa shape index (κ2) is 35.2. The molecule has 2 aromatic carbocycles. The summed E-state index contributed by atoms with van der Waals surface area (Å²) in [6.07, 6.45) is 0.922. The van der Waals surface area contributed by atoms with Gasteiger partial charge in [0.25, 0.3) is 0 Å². The molecule has 92 heavy (non-hydrogen) atoms. The Morgan fingerprint density at radius 1 is 0.533 bits per heavy atom. The Hall–Kier alpha value is -7.96. The van der Waals surface area contributed by atoms with Crippen molar-refractivity contribution in [2.24, 2.45) is 23.7 Å². The van der Waals surface area contributed by atoms with Crippen LogP contribution in [0.2, 0.25) is 0 Å². The molecule has 0 unspecified atom stereocenters. The zero-order valence-corrected chi connectivity index (χ0v) is 56.0. The number of carbonyl (C=O) groups is 12. The number of rotatable bonds is 19. The maximum Gasteiger partial charge on any atom is 0.248 e. The van der Waals surface area contributed by atoms with Crippen molar-refractivity contribution < 1.29 is 62.6 Å². The quantitative estimate of drug-likeness (QED) is 0.0967. The molecule has 2 aromatic rings. The minimum Gasteiger partial charge on any atom is -0.391 e. The number of aliphatic hydroxyl groups excluding tert-OH is 1. The van der Waals surface area contributed by atoms with Crippen molar-refractivity contribution in [3.8, 4) is 0 Å². The Kier molecular flexibility index (Phi) is 28.6. The Labute approximate surface area is 542 Å². The molecule has 3 saturated heterocycles. The molecule has 0 saturated carbocycles. The van der Waals surface area contributed by atoms with Crippen molar-refractivity contribution in [1.82, 2.24) is 62.1 Å². The van der Waals surface area contributed by atoms with E-state index >= 15 is 9.59 Å². The smallest absolute Gasteiger partial charge is 0.248 e. The minimum absolute atomic E-state index is 0.0412. The third-order valence-electron chi connectivity index (χ3n) is 17.4. The number of hydrogen-bond donors (Lipinski definition) is 9. The van der Waals surface area contributed by atoms with E-state index in [9.17, 15) is 53.1 Å². The lowest BCUT2D eigenvalue weighted by Crippen LogP contribution is -2.67. The topological polar surface area (TPSA) is 334 Å². The van der Waals surface area contributed by atoms with Gasteiger partial charge in [0, 0.05) is 46.6 Å². The molecule has 13 atom stereocenters. The summed E-state index contributed by atoms with van der Waals surface area (Å²) in [6, 6.07) is 2.45. The van der Waals surface area contributed by atoms with Crippen LogP contribution >= 0.6 is 0 Å². The molecule has 5 rings (SSSR count). The second-order valence-corrected chi connectivity index (χ2v) is 26.5. The van der Waals surface area contributed by atoms with E-state index in [0.717, 1.165) is 19.3 Å². The van der Waals surface area contributed by atoms with Gasteiger partial charge in [-0.3, -0.25) is 57.5 Å². The fraction of sp³-hybridized carbons (Fsp3) is 0.642. The first-order chi connectivity index (χ1) is 43.4. The van der Waals surface area contributed by atoms with Gasteiger partial charge in [0.05, 0.1) is 12.5 Å². The van der Waals surface area contributed by atoms with Crippen LogP contribution in [0.15, 0.2) is 60.7 Å². The fourth-order valence-electron chi connectivity index (χ4n) is 11.6. The van der Waals surface area contributed by atoms with Crippen LogP contribution in [0.4, 0.5) is 0 Å². The highest BCUT2D eigenvalue weighted by Gasteiger charge is 2.45. The predicted molar refractivity (Wildman–Crippen MR) is 345 cm³/mol. The highest BCUT2D eigenvalue weighted by molar-refractivity contribution is 6.01. The van der Waals surface area contributed by atoms with E-state index in [4.69, 9.17) is 0 Å². The van der Waals surface area contributed by atoms with Crippen LogP contribution in [0, 0.1) is 23.7 Å². The molecule has 508 valence electrons. The number of hydrogen-bond acceptors (Lipinski definition) is 13. The van der Waals surface area contributed by atoms with Gasteiger partial charge in [-0.25, -0.2) is 0 Å². The Morgan fingerprint density at radius 2 is 1.01 bits per heavy atom. The van der Waals surface area contributed by atoms with Crippen molar-refractivity contribution in [3.63, 3.8) is 0 Å². The van der Waals surface area contributed by atoms with Crippen LogP contribution < -0.4 is 42.5 Å². The molecule has 0 bridgehead atoms. The zero-order valence-electron chi connectivity index (χ0n) is 56.0. The van der Waals surface area contributed by atoms with Gasteiger partial charge in [-0.1, -0.05) is 122 Å². The summed E-state index contributed by atoms with van der Waals surface area (Å²) in [6.45, 7) is 19.9. The molecule has 0 spiro atoms. The van der Waals surface area contributed by atoms with Gasteiger partial charge in [0.1, 0.15) is 66.5 Å². The first-order valence-corrected chi connectivity index (χ1v) is 32.7. The highest BCUT2D eigenvalue weighted by atomic mass is 16.3. The molecular weight excluding hydrogens is 1180 g/mol. The van der Waals surface area contributed by atoms with E-state index < -0.39 is 144 Å². The molecule has 25 heteroatoms. The molecule has 25 nitrogen and oxygen atoms in total. The zero-order chi connectivity index (χ0) is 68.3. The van der Waals surface area contributed by atoms with E-state index in [2.05, 4.69) is 42.5 Å². The van der Waals surface area contributed by atoms with Gasteiger partial charge in [-0.15, -0.1) is 0 Å². The molecule has 9 N–H and O–H groups in total. The van der Waals surface area contributed by atoms with Crippen LogP contribution in [-0.2, 0) is 70.4 Å². The summed E-state index contributed by atoms with van der Waals surface area (Å²) in [5, 5.41) is 32.9. The normalized spacial score (nSPS) is 25.3. The summed E-state index contributed by atoms with van der Waals surface area (Å²) in [5.74, 6) is -10.0. The summed E-state index contributed by atoms with van der Waals surface area (Å²) < 4.78 is 0. The monoisotopic (exact) mass is 1280 g/mol. The van der Waals surface area contributed by atoms with Crippen LogP contribution in [0.25, 0.3) is 0 Å². The van der Waals surface area contributed by atoms with Gasteiger partial charge in [-0.05, 0) is 101 Å². The number of carbonyl (C=O) groups excluding carboxylic acids is 12. The Morgan fingerprint density at radius 3 is 1.50 bits per heavy atom. The number of likely N-dealkylation sites (tertiary alicyclic amines) is 2. The summed E-state index contributed by atoms with van der Waals surface area (Å²) in [4.78, 5) is 180. The average molecular weight is 1280 g/mol. The number of piperidine rings is 1. The number of aliphatic hydroxyl groups is 1. The third kappa shape index (κ3) is 21.3. The lowest BCUT2D eigenvalue weighted by molar-refractivity contribution is -0.153. The van der Waals surface area contributed by atoms with E-state index in [1.54, 1.807) is 65.6 Å². The molecule has 3 fully saturated rings. The van der Waals surface area contributed by atoms with Crippen molar-refractivity contribution in [3.05, 3.63) is 71.8 Å². The minimum atomic E-state index is -1.91. The number of amides is 12. The maximum atomic E-state index is 15.1. The number of benzene rings is 2. The average Bonchev–Trinajstić information content (AvgIpc) is 0.815. The number of likely N-dealkylation sites (N-methyl/N-ethyl adjacent to an activating group) is 2. The van der Waals surface area contributed by atoms with Crippen LogP contribution in [0.5, 0.6) is 0 Å². The van der Waals surface area contributed by atoms with E-state index in [1.807, 2.05) is 55.4 Å². The molecule has 3 heterocycles. The molecule has 0 radical (unpaired) electrons. The third-order valence-corrected chi connectivity index (χ3v) is 17.4. The molecule has 0 aliphatic carbocycles. The Bertz CT molecular complexity index is 2890.